The zero-order chi connectivity index (χ0) is 13.1. The highest BCUT2D eigenvalue weighted by Gasteiger charge is 2.09. The van der Waals surface area contributed by atoms with Gasteiger partial charge >= 0.3 is 0 Å². The summed E-state index contributed by atoms with van der Waals surface area (Å²) in [5.41, 5.74) is 5.02. The fraction of sp³-hybridized carbons (Fsp3) is 0.250. The number of nitrogens with one attached hydrogen (secondary N) is 1. The summed E-state index contributed by atoms with van der Waals surface area (Å²) in [7, 11) is 0. The van der Waals surface area contributed by atoms with Crippen molar-refractivity contribution in [1.82, 2.24) is 0 Å². The van der Waals surface area contributed by atoms with Crippen molar-refractivity contribution in [3.05, 3.63) is 63.6 Å². The number of halogens is 1. The molecule has 0 amide bonds. The molecule has 1 unspecified atom stereocenters. The highest BCUT2D eigenvalue weighted by atomic mass is 79.9. The van der Waals surface area contributed by atoms with Gasteiger partial charge in [0.25, 0.3) is 0 Å². The molecule has 18 heavy (non-hydrogen) atoms. The summed E-state index contributed by atoms with van der Waals surface area (Å²) >= 11 is 3.64. The third-order valence-electron chi connectivity index (χ3n) is 3.09. The summed E-state index contributed by atoms with van der Waals surface area (Å²) < 4.78 is 1.13. The molecule has 2 aromatic carbocycles. The van der Waals surface area contributed by atoms with Crippen LogP contribution in [0, 0.1) is 13.8 Å². The highest BCUT2D eigenvalue weighted by Crippen LogP contribution is 2.30. The summed E-state index contributed by atoms with van der Waals surface area (Å²) in [6.07, 6.45) is 0. The second-order valence-electron chi connectivity index (χ2n) is 4.72. The molecule has 0 aliphatic rings. The molecule has 2 heteroatoms. The van der Waals surface area contributed by atoms with Crippen LogP contribution >= 0.6 is 15.9 Å². The third-order valence-corrected chi connectivity index (χ3v) is 3.72. The topological polar surface area (TPSA) is 12.0 Å². The normalized spacial score (nSPS) is 12.2. The minimum Gasteiger partial charge on any atom is -0.377 e. The van der Waals surface area contributed by atoms with Crippen molar-refractivity contribution in [2.24, 2.45) is 0 Å². The minimum absolute atomic E-state index is 0.295. The van der Waals surface area contributed by atoms with Crippen LogP contribution in [-0.4, -0.2) is 0 Å². The first-order valence-electron chi connectivity index (χ1n) is 6.16. The van der Waals surface area contributed by atoms with Gasteiger partial charge in [-0.2, -0.15) is 0 Å². The maximum absolute atomic E-state index is 3.64. The summed E-state index contributed by atoms with van der Waals surface area (Å²) in [4.78, 5) is 0. The molecule has 0 aliphatic heterocycles. The van der Waals surface area contributed by atoms with Gasteiger partial charge in [0.2, 0.25) is 0 Å². The maximum Gasteiger partial charge on any atom is 0.0519 e. The first-order valence-corrected chi connectivity index (χ1v) is 6.95. The predicted octanol–water partition coefficient (Wildman–Crippen LogP) is 5.24. The van der Waals surface area contributed by atoms with Crippen molar-refractivity contribution in [3.8, 4) is 0 Å². The van der Waals surface area contributed by atoms with Crippen molar-refractivity contribution >= 4 is 21.6 Å². The van der Waals surface area contributed by atoms with Gasteiger partial charge in [-0.1, -0.05) is 36.4 Å². The van der Waals surface area contributed by atoms with E-state index in [0.29, 0.717) is 6.04 Å². The molecule has 0 fully saturated rings. The van der Waals surface area contributed by atoms with Gasteiger partial charge in [0.15, 0.2) is 0 Å². The Morgan fingerprint density at radius 3 is 2.33 bits per heavy atom. The molecule has 0 spiro atoms. The molecule has 0 radical (unpaired) electrons. The van der Waals surface area contributed by atoms with Gasteiger partial charge in [-0.05, 0) is 59.5 Å². The molecule has 0 bridgehead atoms. The Morgan fingerprint density at radius 1 is 1.06 bits per heavy atom. The van der Waals surface area contributed by atoms with Gasteiger partial charge in [0.05, 0.1) is 5.69 Å². The molecule has 0 aliphatic carbocycles. The van der Waals surface area contributed by atoms with Crippen LogP contribution in [0.5, 0.6) is 0 Å². The highest BCUT2D eigenvalue weighted by molar-refractivity contribution is 9.10. The Balaban J connectivity index is 2.25. The van der Waals surface area contributed by atoms with Crippen LogP contribution in [0.2, 0.25) is 0 Å². The molecule has 0 aromatic heterocycles. The van der Waals surface area contributed by atoms with E-state index < -0.39 is 0 Å². The number of anilines is 1. The Kier molecular flexibility index (Phi) is 4.07. The van der Waals surface area contributed by atoms with Crippen molar-refractivity contribution in [1.29, 1.82) is 0 Å². The van der Waals surface area contributed by atoms with Gasteiger partial charge in [0, 0.05) is 10.5 Å². The van der Waals surface area contributed by atoms with Crippen molar-refractivity contribution in [2.75, 3.05) is 5.32 Å². The molecular formula is C16H18BrN. The number of aryl methyl sites for hydroxylation is 2. The fourth-order valence-electron chi connectivity index (χ4n) is 2.14. The average molecular weight is 304 g/mol. The summed E-state index contributed by atoms with van der Waals surface area (Å²) in [5.74, 6) is 0. The first-order chi connectivity index (χ1) is 8.58. The van der Waals surface area contributed by atoms with Gasteiger partial charge in [0.1, 0.15) is 0 Å². The Bertz CT molecular complexity index is 511. The van der Waals surface area contributed by atoms with E-state index in [4.69, 9.17) is 0 Å². The molecule has 1 nitrogen and oxygen atoms in total. The lowest BCUT2D eigenvalue weighted by atomic mass is 10.1. The smallest absolute Gasteiger partial charge is 0.0519 e. The molecular weight excluding hydrogens is 286 g/mol. The van der Waals surface area contributed by atoms with Crippen LogP contribution in [0.4, 0.5) is 5.69 Å². The van der Waals surface area contributed by atoms with Crippen molar-refractivity contribution < 1.29 is 0 Å². The van der Waals surface area contributed by atoms with Gasteiger partial charge in [-0.3, -0.25) is 0 Å². The van der Waals surface area contributed by atoms with Crippen molar-refractivity contribution in [3.63, 3.8) is 0 Å². The van der Waals surface area contributed by atoms with E-state index in [1.165, 1.54) is 22.4 Å². The molecule has 94 valence electrons. The van der Waals surface area contributed by atoms with Crippen molar-refractivity contribution in [2.45, 2.75) is 26.8 Å². The lowest BCUT2D eigenvalue weighted by molar-refractivity contribution is 0.881. The second kappa shape index (κ2) is 5.57. The van der Waals surface area contributed by atoms with E-state index in [0.717, 1.165) is 4.47 Å². The molecule has 0 saturated heterocycles. The minimum atomic E-state index is 0.295. The predicted molar refractivity (Wildman–Crippen MR) is 82.1 cm³/mol. The molecule has 2 aromatic rings. The van der Waals surface area contributed by atoms with Gasteiger partial charge in [-0.15, -0.1) is 0 Å². The molecule has 0 heterocycles. The largest absolute Gasteiger partial charge is 0.377 e. The van der Waals surface area contributed by atoms with E-state index in [1.54, 1.807) is 0 Å². The van der Waals surface area contributed by atoms with Crippen LogP contribution < -0.4 is 5.32 Å². The monoisotopic (exact) mass is 303 g/mol. The van der Waals surface area contributed by atoms with E-state index in [2.05, 4.69) is 78.4 Å². The fourth-order valence-corrected chi connectivity index (χ4v) is 2.93. The first kappa shape index (κ1) is 13.2. The maximum atomic E-state index is 3.64. The van der Waals surface area contributed by atoms with E-state index in [9.17, 15) is 0 Å². The quantitative estimate of drug-likeness (QED) is 0.817. The van der Waals surface area contributed by atoms with E-state index in [-0.39, 0.29) is 0 Å². The summed E-state index contributed by atoms with van der Waals surface area (Å²) in [5, 5.41) is 3.58. The van der Waals surface area contributed by atoms with Gasteiger partial charge in [-0.25, -0.2) is 0 Å². The number of hydrogen-bond donors (Lipinski definition) is 1. The standard InChI is InChI=1S/C16H18BrN/c1-11-9-12(2)16(15(17)10-11)18-13(3)14-7-5-4-6-8-14/h4-10,13,18H,1-3H3. The Labute approximate surface area is 117 Å². The van der Waals surface area contributed by atoms with E-state index >= 15 is 0 Å². The lowest BCUT2D eigenvalue weighted by Crippen LogP contribution is -2.08. The average Bonchev–Trinajstić information content (AvgIpc) is 2.34. The van der Waals surface area contributed by atoms with Crippen LogP contribution in [0.15, 0.2) is 46.9 Å². The van der Waals surface area contributed by atoms with E-state index in [1.807, 2.05) is 6.07 Å². The number of benzene rings is 2. The van der Waals surface area contributed by atoms with Crippen LogP contribution in [-0.2, 0) is 0 Å². The zero-order valence-electron chi connectivity index (χ0n) is 11.0. The second-order valence-corrected chi connectivity index (χ2v) is 5.57. The summed E-state index contributed by atoms with van der Waals surface area (Å²) in [6, 6.07) is 15.1. The SMILES string of the molecule is Cc1cc(C)c(NC(C)c2ccccc2)c(Br)c1. The molecule has 1 N–H and O–H groups in total. The molecule has 0 saturated carbocycles. The molecule has 1 atom stereocenters. The Hall–Kier alpha value is -1.28. The zero-order valence-corrected chi connectivity index (χ0v) is 12.6. The summed E-state index contributed by atoms with van der Waals surface area (Å²) in [6.45, 7) is 6.43. The number of hydrogen-bond acceptors (Lipinski definition) is 1. The Morgan fingerprint density at radius 2 is 1.72 bits per heavy atom. The van der Waals surface area contributed by atoms with Crippen LogP contribution in [0.3, 0.4) is 0 Å². The van der Waals surface area contributed by atoms with Crippen LogP contribution in [0.1, 0.15) is 29.7 Å². The third kappa shape index (κ3) is 2.94. The number of rotatable bonds is 3. The van der Waals surface area contributed by atoms with Gasteiger partial charge < -0.3 is 5.32 Å². The van der Waals surface area contributed by atoms with Crippen LogP contribution in [0.25, 0.3) is 0 Å². The molecule has 2 rings (SSSR count). The lowest BCUT2D eigenvalue weighted by Gasteiger charge is -2.19.